The van der Waals surface area contributed by atoms with Gasteiger partial charge in [0, 0.05) is 0 Å². The summed E-state index contributed by atoms with van der Waals surface area (Å²) in [5, 5.41) is -0.266. The van der Waals surface area contributed by atoms with Crippen LogP contribution in [0.3, 0.4) is 0 Å². The molecule has 3 aromatic rings. The van der Waals surface area contributed by atoms with Crippen LogP contribution in [0.25, 0.3) is 15.7 Å². The molecule has 0 fully saturated rings. The first kappa shape index (κ1) is 13.6. The number of aromatic nitrogens is 1. The molecule has 0 unspecified atom stereocenters. The largest absolute Gasteiger partial charge is 0.445 e. The molecule has 2 aromatic carbocycles. The molecular weight excluding hydrogens is 306 g/mol. The Kier molecular flexibility index (Phi) is 3.39. The molecule has 104 valence electrons. The summed E-state index contributed by atoms with van der Waals surface area (Å²) in [5.74, 6) is 0. The first-order chi connectivity index (χ1) is 10.1. The highest BCUT2D eigenvalue weighted by Crippen LogP contribution is 2.25. The number of sulfone groups is 1. The molecule has 0 N–H and O–H groups in total. The van der Waals surface area contributed by atoms with E-state index >= 15 is 0 Å². The third kappa shape index (κ3) is 2.38. The summed E-state index contributed by atoms with van der Waals surface area (Å²) in [6.07, 6.45) is 0. The monoisotopic (exact) mass is 315 g/mol. The number of rotatable bonds is 2. The summed E-state index contributed by atoms with van der Waals surface area (Å²) in [7, 11) is -3.90. The van der Waals surface area contributed by atoms with Gasteiger partial charge < -0.3 is 5.53 Å². The molecule has 0 aliphatic heterocycles. The number of benzene rings is 2. The highest BCUT2D eigenvalue weighted by atomic mass is 32.2. The fourth-order valence-electron chi connectivity index (χ4n) is 1.89. The first-order valence-corrected chi connectivity index (χ1v) is 8.31. The van der Waals surface area contributed by atoms with E-state index in [1.807, 2.05) is 18.2 Å². The van der Waals surface area contributed by atoms with Crippen LogP contribution in [0.5, 0.6) is 0 Å². The van der Waals surface area contributed by atoms with E-state index in [-0.39, 0.29) is 9.90 Å². The van der Waals surface area contributed by atoms with Crippen molar-refractivity contribution in [2.45, 2.75) is 4.90 Å². The number of fused-ring (bicyclic) bond motifs is 1. The molecule has 0 atom stereocenters. The van der Waals surface area contributed by atoms with E-state index in [0.29, 0.717) is 5.52 Å². The molecule has 0 saturated heterocycles. The molecule has 7 heteroatoms. The second-order valence-corrected chi connectivity index (χ2v) is 7.10. The van der Waals surface area contributed by atoms with Crippen molar-refractivity contribution >= 4 is 36.4 Å². The molecule has 0 bridgehead atoms. The van der Waals surface area contributed by atoms with Crippen LogP contribution in [-0.4, -0.2) is 23.2 Å². The van der Waals surface area contributed by atoms with Crippen LogP contribution in [0.1, 0.15) is 5.01 Å². The van der Waals surface area contributed by atoms with Gasteiger partial charge in [0.15, 0.2) is 0 Å². The van der Waals surface area contributed by atoms with Crippen molar-refractivity contribution in [3.63, 3.8) is 0 Å². The average molecular weight is 315 g/mol. The maximum absolute atomic E-state index is 12.5. The van der Waals surface area contributed by atoms with Crippen LogP contribution in [0.4, 0.5) is 0 Å². The molecule has 3 rings (SSSR count). The summed E-state index contributed by atoms with van der Waals surface area (Å²) in [4.78, 5) is 7.27. The standard InChI is InChI=1S/C14H9N3O2S2/c15-17-14(21(18,19)10-6-2-1-3-7-10)13-16-11-8-4-5-9-12(11)20-13/h1-9H. The third-order valence-corrected chi connectivity index (χ3v) is 5.72. The van der Waals surface area contributed by atoms with Crippen LogP contribution >= 0.6 is 11.3 Å². The SMILES string of the molecule is [N-]=[N+]=C(c1nc2ccccc2s1)S(=O)(=O)c1ccccc1. The normalized spacial score (nSPS) is 11.2. The van der Waals surface area contributed by atoms with Gasteiger partial charge in [-0.25, -0.2) is 13.4 Å². The molecule has 5 nitrogen and oxygen atoms in total. The van der Waals surface area contributed by atoms with Crippen molar-refractivity contribution in [1.29, 1.82) is 0 Å². The van der Waals surface area contributed by atoms with Crippen molar-refractivity contribution in [2.24, 2.45) is 0 Å². The van der Waals surface area contributed by atoms with E-state index in [4.69, 9.17) is 0 Å². The highest BCUT2D eigenvalue weighted by Gasteiger charge is 2.34. The summed E-state index contributed by atoms with van der Waals surface area (Å²) < 4.78 is 25.9. The topological polar surface area (TPSA) is 83.4 Å². The Morgan fingerprint density at radius 3 is 2.38 bits per heavy atom. The van der Waals surface area contributed by atoms with Crippen LogP contribution in [-0.2, 0) is 9.84 Å². The first-order valence-electron chi connectivity index (χ1n) is 6.01. The van der Waals surface area contributed by atoms with E-state index in [0.717, 1.165) is 4.70 Å². The maximum atomic E-state index is 12.5. The van der Waals surface area contributed by atoms with Crippen molar-refractivity contribution < 1.29 is 13.2 Å². The van der Waals surface area contributed by atoms with Crippen LogP contribution in [0.15, 0.2) is 59.5 Å². The van der Waals surface area contributed by atoms with Crippen LogP contribution in [0, 0.1) is 0 Å². The Morgan fingerprint density at radius 1 is 1.05 bits per heavy atom. The Hall–Kier alpha value is -2.34. The van der Waals surface area contributed by atoms with Crippen molar-refractivity contribution in [1.82, 2.24) is 4.98 Å². The van der Waals surface area contributed by atoms with Crippen LogP contribution < -0.4 is 0 Å². The van der Waals surface area contributed by atoms with E-state index in [1.165, 1.54) is 23.5 Å². The predicted molar refractivity (Wildman–Crippen MR) is 81.0 cm³/mol. The number of nitrogens with zero attached hydrogens (tertiary/aromatic N) is 3. The van der Waals surface area contributed by atoms with Gasteiger partial charge in [-0.2, -0.15) is 0 Å². The predicted octanol–water partition coefficient (Wildman–Crippen LogP) is 2.75. The number of hydrogen-bond donors (Lipinski definition) is 0. The Bertz CT molecular complexity index is 923. The van der Waals surface area contributed by atoms with Gasteiger partial charge in [0.25, 0.3) is 9.84 Å². The molecular formula is C14H9N3O2S2. The van der Waals surface area contributed by atoms with Gasteiger partial charge in [0.05, 0.1) is 15.1 Å². The zero-order valence-corrected chi connectivity index (χ0v) is 12.3. The summed E-state index contributed by atoms with van der Waals surface area (Å²) >= 11 is 1.17. The fraction of sp³-hybridized carbons (Fsp3) is 0. The molecule has 0 saturated carbocycles. The fourth-order valence-corrected chi connectivity index (χ4v) is 4.31. The molecule has 0 aliphatic rings. The van der Waals surface area contributed by atoms with Gasteiger partial charge in [-0.05, 0) is 24.3 Å². The van der Waals surface area contributed by atoms with Gasteiger partial charge in [0.2, 0.25) is 5.01 Å². The van der Waals surface area contributed by atoms with E-state index in [9.17, 15) is 13.9 Å². The second-order valence-electron chi connectivity index (χ2n) is 4.21. The number of para-hydroxylation sites is 1. The van der Waals surface area contributed by atoms with Gasteiger partial charge in [0.1, 0.15) is 0 Å². The third-order valence-electron chi connectivity index (χ3n) is 2.88. The molecule has 0 spiro atoms. The zero-order chi connectivity index (χ0) is 14.9. The Balaban J connectivity index is 2.17. The molecule has 1 aromatic heterocycles. The summed E-state index contributed by atoms with van der Waals surface area (Å²) in [5.41, 5.74) is 9.85. The lowest BCUT2D eigenvalue weighted by atomic mass is 10.3. The van der Waals surface area contributed by atoms with E-state index in [2.05, 4.69) is 9.77 Å². The highest BCUT2D eigenvalue weighted by molar-refractivity contribution is 8.07. The maximum Gasteiger partial charge on any atom is 0.445 e. The molecule has 0 aliphatic carbocycles. The van der Waals surface area contributed by atoms with Crippen molar-refractivity contribution in [3.05, 3.63) is 65.1 Å². The smallest absolute Gasteiger partial charge is 0.360 e. The summed E-state index contributed by atoms with van der Waals surface area (Å²) in [6, 6.07) is 15.1. The van der Waals surface area contributed by atoms with E-state index < -0.39 is 14.9 Å². The van der Waals surface area contributed by atoms with Crippen LogP contribution in [0.2, 0.25) is 0 Å². The number of hydrogen-bond acceptors (Lipinski definition) is 4. The van der Waals surface area contributed by atoms with E-state index in [1.54, 1.807) is 24.3 Å². The minimum absolute atomic E-state index is 0.0667. The van der Waals surface area contributed by atoms with Gasteiger partial charge in [-0.15, -0.1) is 16.1 Å². The lowest BCUT2D eigenvalue weighted by Gasteiger charge is -1.97. The minimum atomic E-state index is -3.90. The molecule has 21 heavy (non-hydrogen) atoms. The number of thiazole rings is 1. The zero-order valence-electron chi connectivity index (χ0n) is 10.7. The molecule has 0 amide bonds. The molecule has 0 radical (unpaired) electrons. The van der Waals surface area contributed by atoms with Gasteiger partial charge >= 0.3 is 5.04 Å². The Labute approximate surface area is 125 Å². The van der Waals surface area contributed by atoms with Gasteiger partial charge in [-0.3, -0.25) is 0 Å². The quantitative estimate of drug-likeness (QED) is 0.315. The average Bonchev–Trinajstić information content (AvgIpc) is 2.92. The Morgan fingerprint density at radius 2 is 1.71 bits per heavy atom. The minimum Gasteiger partial charge on any atom is -0.360 e. The van der Waals surface area contributed by atoms with Crippen molar-refractivity contribution in [2.75, 3.05) is 0 Å². The second kappa shape index (κ2) is 5.21. The van der Waals surface area contributed by atoms with Crippen molar-refractivity contribution in [3.8, 4) is 0 Å². The van der Waals surface area contributed by atoms with Gasteiger partial charge in [-0.1, -0.05) is 30.3 Å². The lowest BCUT2D eigenvalue weighted by Crippen LogP contribution is -2.17. The lowest BCUT2D eigenvalue weighted by molar-refractivity contribution is 0.000602. The molecule has 1 heterocycles. The summed E-state index contributed by atoms with van der Waals surface area (Å²) in [6.45, 7) is 0.